The van der Waals surface area contributed by atoms with E-state index in [2.05, 4.69) is 20.8 Å². The molecular weight excluding hydrogens is 356 g/mol. The van der Waals surface area contributed by atoms with E-state index in [9.17, 15) is 5.26 Å². The second-order valence-corrected chi connectivity index (χ2v) is 5.35. The first-order valence-corrected chi connectivity index (χ1v) is 7.50. The molecule has 0 unspecified atom stereocenters. The van der Waals surface area contributed by atoms with Gasteiger partial charge in [0.05, 0.1) is 12.7 Å². The number of hydrogen-bond donors (Lipinski definition) is 0. The van der Waals surface area contributed by atoms with Crippen molar-refractivity contribution in [2.24, 2.45) is 0 Å². The molecule has 5 nitrogen and oxygen atoms in total. The van der Waals surface area contributed by atoms with E-state index in [-0.39, 0.29) is 17.0 Å². The van der Waals surface area contributed by atoms with Gasteiger partial charge in [-0.2, -0.15) is 5.26 Å². The first kappa shape index (κ1) is 17.2. The number of aryl methyl sites for hydroxylation is 1. The summed E-state index contributed by atoms with van der Waals surface area (Å²) in [6.45, 7) is 0.888. The van der Waals surface area contributed by atoms with Crippen LogP contribution in [0.2, 0.25) is 0 Å². The highest BCUT2D eigenvalue weighted by Crippen LogP contribution is 2.22. The molecule has 0 radical (unpaired) electrons. The van der Waals surface area contributed by atoms with E-state index >= 15 is 0 Å². The lowest BCUT2D eigenvalue weighted by atomic mass is 10.1. The molecule has 0 saturated heterocycles. The minimum absolute atomic E-state index is 0. The van der Waals surface area contributed by atoms with E-state index in [0.29, 0.717) is 11.4 Å². The Hall–Kier alpha value is -2.13. The molecule has 0 fully saturated rings. The third kappa shape index (κ3) is 3.80. The number of nitrogens with zero attached hydrogens (tertiary/aromatic N) is 4. The van der Waals surface area contributed by atoms with Crippen molar-refractivity contribution in [1.29, 1.82) is 5.26 Å². The van der Waals surface area contributed by atoms with Crippen molar-refractivity contribution in [3.63, 3.8) is 0 Å². The molecule has 1 aliphatic rings. The zero-order valence-corrected chi connectivity index (χ0v) is 14.7. The smallest absolute Gasteiger partial charge is 0.174 e. The predicted octanol–water partition coefficient (Wildman–Crippen LogP) is 3.66. The van der Waals surface area contributed by atoms with Gasteiger partial charge < -0.3 is 9.30 Å². The number of benzene rings is 1. The quantitative estimate of drug-likeness (QED) is 0.769. The fourth-order valence-corrected chi connectivity index (χ4v) is 2.70. The Balaban J connectivity index is 0.00000192. The molecule has 0 amide bonds. The molecule has 1 aromatic carbocycles. The molecule has 0 atom stereocenters. The van der Waals surface area contributed by atoms with Crippen LogP contribution < -0.4 is 4.74 Å². The number of fused-ring (bicyclic) bond motifs is 1. The highest BCUT2D eigenvalue weighted by molar-refractivity contribution is 8.93. The van der Waals surface area contributed by atoms with Gasteiger partial charge in [-0.3, -0.25) is 0 Å². The van der Waals surface area contributed by atoms with E-state index in [0.717, 1.165) is 42.9 Å². The summed E-state index contributed by atoms with van der Waals surface area (Å²) in [4.78, 5) is 0. The van der Waals surface area contributed by atoms with Crippen LogP contribution in [0, 0.1) is 11.3 Å². The predicted molar refractivity (Wildman–Crippen MR) is 94.4 cm³/mol. The Kier molecular flexibility index (Phi) is 5.94. The van der Waals surface area contributed by atoms with Crippen molar-refractivity contribution in [2.75, 3.05) is 7.11 Å². The minimum Gasteiger partial charge on any atom is -0.497 e. The summed E-state index contributed by atoms with van der Waals surface area (Å²) in [6.07, 6.45) is 6.24. The van der Waals surface area contributed by atoms with Gasteiger partial charge in [-0.25, -0.2) is 0 Å². The first-order valence-electron chi connectivity index (χ1n) is 7.50. The summed E-state index contributed by atoms with van der Waals surface area (Å²) in [7, 11) is 1.64. The van der Waals surface area contributed by atoms with E-state index < -0.39 is 0 Å². The molecule has 0 aliphatic carbocycles. The van der Waals surface area contributed by atoms with Gasteiger partial charge in [-0.1, -0.05) is 18.6 Å². The summed E-state index contributed by atoms with van der Waals surface area (Å²) < 4.78 is 7.24. The monoisotopic (exact) mass is 374 g/mol. The number of methoxy groups -OCH3 is 1. The third-order valence-corrected chi connectivity index (χ3v) is 3.90. The van der Waals surface area contributed by atoms with Gasteiger partial charge >= 0.3 is 0 Å². The highest BCUT2D eigenvalue weighted by atomic mass is 79.9. The van der Waals surface area contributed by atoms with Crippen LogP contribution >= 0.6 is 17.0 Å². The molecular formula is C17H19BrN4O. The molecule has 2 aromatic rings. The second kappa shape index (κ2) is 7.93. The van der Waals surface area contributed by atoms with Gasteiger partial charge in [-0.15, -0.1) is 27.2 Å². The number of ether oxygens (including phenoxy) is 1. The third-order valence-electron chi connectivity index (χ3n) is 3.90. The zero-order chi connectivity index (χ0) is 15.4. The average Bonchev–Trinajstić information content (AvgIpc) is 2.81. The maximum absolute atomic E-state index is 9.51. The molecule has 0 saturated carbocycles. The lowest BCUT2D eigenvalue weighted by molar-refractivity contribution is 0.415. The molecule has 2 heterocycles. The first-order chi connectivity index (χ1) is 10.8. The molecule has 23 heavy (non-hydrogen) atoms. The fraction of sp³-hybridized carbons (Fsp3) is 0.353. The topological polar surface area (TPSA) is 63.7 Å². The van der Waals surface area contributed by atoms with Gasteiger partial charge in [0.1, 0.15) is 17.6 Å². The number of allylic oxidation sites excluding steroid dienone is 1. The van der Waals surface area contributed by atoms with Crippen LogP contribution in [-0.2, 0) is 13.0 Å². The fourth-order valence-electron chi connectivity index (χ4n) is 2.70. The number of halogens is 1. The Morgan fingerprint density at radius 2 is 2.00 bits per heavy atom. The summed E-state index contributed by atoms with van der Waals surface area (Å²) in [5.74, 6) is 2.46. The Bertz CT molecular complexity index is 728. The van der Waals surface area contributed by atoms with Gasteiger partial charge in [0.2, 0.25) is 0 Å². The summed E-state index contributed by atoms with van der Waals surface area (Å²) in [5.41, 5.74) is 1.49. The minimum atomic E-state index is 0. The zero-order valence-electron chi connectivity index (χ0n) is 13.0. The van der Waals surface area contributed by atoms with E-state index in [1.54, 1.807) is 7.11 Å². The maximum atomic E-state index is 9.51. The van der Waals surface area contributed by atoms with Gasteiger partial charge in [0, 0.05) is 13.0 Å². The van der Waals surface area contributed by atoms with Gasteiger partial charge in [-0.05, 0) is 36.6 Å². The van der Waals surface area contributed by atoms with Crippen molar-refractivity contribution in [3.05, 3.63) is 41.5 Å². The van der Waals surface area contributed by atoms with Crippen LogP contribution in [0.15, 0.2) is 24.3 Å². The number of rotatable bonds is 3. The normalized spacial score (nSPS) is 14.2. The SMILES string of the molecule is Br.COc1ccc(/C=C(\C#N)c2nnc3n2CCCCC3)cc1. The maximum Gasteiger partial charge on any atom is 0.174 e. The van der Waals surface area contributed by atoms with Gasteiger partial charge in [0.15, 0.2) is 5.82 Å². The van der Waals surface area contributed by atoms with Crippen LogP contribution in [0.4, 0.5) is 0 Å². The number of hydrogen-bond acceptors (Lipinski definition) is 4. The van der Waals surface area contributed by atoms with E-state index in [1.807, 2.05) is 30.3 Å². The summed E-state index contributed by atoms with van der Waals surface area (Å²) >= 11 is 0. The number of nitriles is 1. The highest BCUT2D eigenvalue weighted by Gasteiger charge is 2.17. The molecule has 3 rings (SSSR count). The standard InChI is InChI=1S/C17H18N4O.BrH/c1-22-15-8-6-13(7-9-15)11-14(12-18)17-20-19-16-5-3-2-4-10-21(16)17;/h6-9,11H,2-5,10H2,1H3;1H/b14-11+;. The van der Waals surface area contributed by atoms with Crippen molar-refractivity contribution in [1.82, 2.24) is 14.8 Å². The van der Waals surface area contributed by atoms with Crippen molar-refractivity contribution >= 4 is 28.6 Å². The molecule has 120 valence electrons. The van der Waals surface area contributed by atoms with Crippen LogP contribution in [-0.4, -0.2) is 21.9 Å². The summed E-state index contributed by atoms with van der Waals surface area (Å²) in [6, 6.07) is 9.87. The van der Waals surface area contributed by atoms with Gasteiger partial charge in [0.25, 0.3) is 0 Å². The van der Waals surface area contributed by atoms with Crippen molar-refractivity contribution < 1.29 is 4.74 Å². The molecule has 1 aromatic heterocycles. The Labute approximate surface area is 146 Å². The van der Waals surface area contributed by atoms with Crippen LogP contribution in [0.25, 0.3) is 11.6 Å². The Morgan fingerprint density at radius 3 is 2.70 bits per heavy atom. The second-order valence-electron chi connectivity index (χ2n) is 5.35. The molecule has 0 N–H and O–H groups in total. The van der Waals surface area contributed by atoms with E-state index in [4.69, 9.17) is 4.74 Å². The lowest BCUT2D eigenvalue weighted by Gasteiger charge is -2.06. The largest absolute Gasteiger partial charge is 0.497 e. The van der Waals surface area contributed by atoms with Crippen LogP contribution in [0.5, 0.6) is 5.75 Å². The van der Waals surface area contributed by atoms with Crippen LogP contribution in [0.1, 0.15) is 36.5 Å². The van der Waals surface area contributed by atoms with Crippen molar-refractivity contribution in [3.8, 4) is 11.8 Å². The number of aromatic nitrogens is 3. The van der Waals surface area contributed by atoms with E-state index in [1.165, 1.54) is 6.42 Å². The molecule has 1 aliphatic heterocycles. The Morgan fingerprint density at radius 1 is 1.22 bits per heavy atom. The molecule has 0 bridgehead atoms. The summed E-state index contributed by atoms with van der Waals surface area (Å²) in [5, 5.41) is 18.0. The lowest BCUT2D eigenvalue weighted by Crippen LogP contribution is -2.05. The molecule has 6 heteroatoms. The molecule has 0 spiro atoms. The van der Waals surface area contributed by atoms with Crippen molar-refractivity contribution in [2.45, 2.75) is 32.2 Å². The van der Waals surface area contributed by atoms with Crippen LogP contribution in [0.3, 0.4) is 0 Å². The average molecular weight is 375 g/mol.